The Morgan fingerprint density at radius 1 is 1.50 bits per heavy atom. The van der Waals surface area contributed by atoms with E-state index in [1.807, 2.05) is 13.8 Å². The third-order valence-electron chi connectivity index (χ3n) is 3.95. The summed E-state index contributed by atoms with van der Waals surface area (Å²) in [6.45, 7) is 8.15. The lowest BCUT2D eigenvalue weighted by Gasteiger charge is -2.13. The molecule has 1 aromatic carbocycles. The van der Waals surface area contributed by atoms with E-state index < -0.39 is 18.9 Å². The average molecular weight is 379 g/mol. The number of imidazole rings is 1. The molecule has 2 heterocycles. The van der Waals surface area contributed by atoms with E-state index in [9.17, 15) is 18.7 Å². The van der Waals surface area contributed by atoms with Gasteiger partial charge in [-0.1, -0.05) is 26.5 Å². The number of rotatable bonds is 5. The summed E-state index contributed by atoms with van der Waals surface area (Å²) in [6.07, 6.45) is 2.67. The Morgan fingerprint density at radius 2 is 2.19 bits per heavy atom. The van der Waals surface area contributed by atoms with Gasteiger partial charge in [0.2, 0.25) is 5.50 Å². The molecule has 4 N–H and O–H groups in total. The van der Waals surface area contributed by atoms with Gasteiger partial charge in [-0.3, -0.25) is 4.57 Å². The van der Waals surface area contributed by atoms with Gasteiger partial charge in [-0.25, -0.2) is 9.37 Å². The van der Waals surface area contributed by atoms with Gasteiger partial charge in [-0.15, -0.1) is 0 Å². The fraction of sp³-hybridized carbons (Fsp3) is 0.235. The van der Waals surface area contributed by atoms with Crippen LogP contribution in [-0.2, 0) is 11.1 Å². The van der Waals surface area contributed by atoms with Crippen LogP contribution in [0.2, 0.25) is 0 Å². The molecule has 0 aliphatic carbocycles. The van der Waals surface area contributed by atoms with Gasteiger partial charge < -0.3 is 24.5 Å². The van der Waals surface area contributed by atoms with E-state index in [0.29, 0.717) is 17.6 Å². The zero-order chi connectivity index (χ0) is 19.2. The normalized spacial score (nSPS) is 12.2. The first-order valence-electron chi connectivity index (χ1n) is 7.89. The number of benzene rings is 1. The van der Waals surface area contributed by atoms with Gasteiger partial charge in [-0.2, -0.15) is 0 Å². The number of fused-ring (bicyclic) bond motifs is 1. The van der Waals surface area contributed by atoms with E-state index in [0.717, 1.165) is 0 Å². The molecule has 138 valence electrons. The predicted octanol–water partition coefficient (Wildman–Crippen LogP) is 3.12. The molecule has 0 saturated heterocycles. The summed E-state index contributed by atoms with van der Waals surface area (Å²) < 4.78 is 32.7. The van der Waals surface area contributed by atoms with Crippen LogP contribution in [0.15, 0.2) is 29.4 Å². The largest absolute Gasteiger partial charge is 0.456 e. The fourth-order valence-corrected chi connectivity index (χ4v) is 3.62. The summed E-state index contributed by atoms with van der Waals surface area (Å²) >= 11 is 0. The maximum absolute atomic E-state index is 14.1. The van der Waals surface area contributed by atoms with Gasteiger partial charge in [0.05, 0.1) is 23.0 Å². The highest BCUT2D eigenvalue weighted by Gasteiger charge is 2.30. The first kappa shape index (κ1) is 18.4. The topological polar surface area (TPSA) is 115 Å². The van der Waals surface area contributed by atoms with Gasteiger partial charge in [-0.05, 0) is 18.1 Å². The number of nitrogens with two attached hydrogens (primary N) is 1. The second-order valence-electron chi connectivity index (χ2n) is 6.39. The summed E-state index contributed by atoms with van der Waals surface area (Å²) in [5.41, 5.74) is 6.66. The first-order chi connectivity index (χ1) is 12.1. The molecule has 0 radical (unpaired) electrons. The average Bonchev–Trinajstić information content (AvgIpc) is 3.15. The molecule has 0 fully saturated rings. The highest BCUT2D eigenvalue weighted by Crippen LogP contribution is 2.40. The number of hydrogen-bond acceptors (Lipinski definition) is 4. The summed E-state index contributed by atoms with van der Waals surface area (Å²) in [5, 5.41) is 0. The van der Waals surface area contributed by atoms with Crippen molar-refractivity contribution in [2.75, 3.05) is 5.73 Å². The van der Waals surface area contributed by atoms with Gasteiger partial charge in [0.25, 0.3) is 0 Å². The smallest absolute Gasteiger partial charge is 0.391 e. The number of hydrogen-bond donors (Lipinski definition) is 3. The third-order valence-corrected chi connectivity index (χ3v) is 4.83. The van der Waals surface area contributed by atoms with Crippen molar-refractivity contribution >= 4 is 35.9 Å². The van der Waals surface area contributed by atoms with Gasteiger partial charge in [0, 0.05) is 12.1 Å². The Morgan fingerprint density at radius 3 is 2.77 bits per heavy atom. The molecule has 2 aromatic heterocycles. The van der Waals surface area contributed by atoms with Crippen LogP contribution in [0.4, 0.5) is 10.1 Å². The molecule has 0 bridgehead atoms. The predicted molar refractivity (Wildman–Crippen MR) is 98.4 cm³/mol. The van der Waals surface area contributed by atoms with Crippen LogP contribution >= 0.6 is 7.60 Å². The molecule has 0 saturated carbocycles. The lowest BCUT2D eigenvalue weighted by molar-refractivity contribution is 0.376. The first-order valence-corrected chi connectivity index (χ1v) is 9.51. The SMILES string of the molecule is C=Cc1cc(F)c(N)c2nc(-c3ccoc3P(=O)(O)O)n(CC(C)C)c12. The van der Waals surface area contributed by atoms with Crippen molar-refractivity contribution in [2.45, 2.75) is 20.4 Å². The van der Waals surface area contributed by atoms with Crippen molar-refractivity contribution in [3.05, 3.63) is 36.4 Å². The molecular formula is C17H19FN3O4P. The molecule has 9 heteroatoms. The van der Waals surface area contributed by atoms with Crippen LogP contribution in [0.3, 0.4) is 0 Å². The van der Waals surface area contributed by atoms with Crippen LogP contribution in [0.5, 0.6) is 0 Å². The standard InChI is InChI=1S/C17H19FN3O4P/c1-4-10-7-12(18)13(19)14-15(10)21(8-9(2)3)16(20-14)11-5-6-25-17(11)26(22,23)24/h4-7,9H,1,8,19H2,2-3H3,(H2,22,23,24). The van der Waals surface area contributed by atoms with E-state index in [1.54, 1.807) is 4.57 Å². The van der Waals surface area contributed by atoms with Crippen molar-refractivity contribution in [2.24, 2.45) is 5.92 Å². The second kappa shape index (κ2) is 6.39. The quantitative estimate of drug-likeness (QED) is 0.464. The highest BCUT2D eigenvalue weighted by molar-refractivity contribution is 7.60. The monoisotopic (exact) mass is 379 g/mol. The Kier molecular flexibility index (Phi) is 4.52. The molecule has 3 rings (SSSR count). The highest BCUT2D eigenvalue weighted by atomic mass is 31.2. The van der Waals surface area contributed by atoms with Crippen LogP contribution in [0, 0.1) is 11.7 Å². The Bertz CT molecular complexity index is 1050. The molecule has 26 heavy (non-hydrogen) atoms. The van der Waals surface area contributed by atoms with Crippen molar-refractivity contribution in [1.29, 1.82) is 0 Å². The lowest BCUT2D eigenvalue weighted by Crippen LogP contribution is -2.11. The van der Waals surface area contributed by atoms with Crippen LogP contribution < -0.4 is 11.2 Å². The van der Waals surface area contributed by atoms with E-state index in [2.05, 4.69) is 11.6 Å². The molecular weight excluding hydrogens is 360 g/mol. The summed E-state index contributed by atoms with van der Waals surface area (Å²) in [4.78, 5) is 23.5. The Labute approximate surface area is 149 Å². The number of anilines is 1. The third kappa shape index (κ3) is 2.96. The zero-order valence-electron chi connectivity index (χ0n) is 14.3. The van der Waals surface area contributed by atoms with Crippen molar-refractivity contribution in [3.8, 4) is 11.4 Å². The molecule has 7 nitrogen and oxygen atoms in total. The van der Waals surface area contributed by atoms with Gasteiger partial charge >= 0.3 is 7.60 Å². The Balaban J connectivity index is 2.43. The maximum atomic E-state index is 14.1. The van der Waals surface area contributed by atoms with E-state index >= 15 is 0 Å². The summed E-state index contributed by atoms with van der Waals surface area (Å²) in [7, 11) is -4.66. The second-order valence-corrected chi connectivity index (χ2v) is 7.88. The van der Waals surface area contributed by atoms with Crippen LogP contribution in [0.1, 0.15) is 19.4 Å². The minimum Gasteiger partial charge on any atom is -0.456 e. The van der Waals surface area contributed by atoms with E-state index in [4.69, 9.17) is 10.2 Å². The van der Waals surface area contributed by atoms with Crippen molar-refractivity contribution in [3.63, 3.8) is 0 Å². The molecule has 0 unspecified atom stereocenters. The number of aromatic nitrogens is 2. The minimum absolute atomic E-state index is 0.129. The van der Waals surface area contributed by atoms with E-state index in [-0.39, 0.29) is 28.5 Å². The number of nitrogen functional groups attached to an aromatic ring is 1. The summed E-state index contributed by atoms with van der Waals surface area (Å²) in [6, 6.07) is 2.69. The van der Waals surface area contributed by atoms with Crippen LogP contribution in [0.25, 0.3) is 28.5 Å². The lowest BCUT2D eigenvalue weighted by atomic mass is 10.1. The number of furan rings is 1. The molecule has 3 aromatic rings. The Hall–Kier alpha value is -2.41. The zero-order valence-corrected chi connectivity index (χ0v) is 15.2. The maximum Gasteiger partial charge on any atom is 0.391 e. The fourth-order valence-electron chi connectivity index (χ4n) is 2.93. The van der Waals surface area contributed by atoms with E-state index in [1.165, 1.54) is 24.5 Å². The minimum atomic E-state index is -4.66. The molecule has 0 atom stereocenters. The van der Waals surface area contributed by atoms with Gasteiger partial charge in [0.15, 0.2) is 0 Å². The van der Waals surface area contributed by atoms with Crippen LogP contribution in [-0.4, -0.2) is 19.3 Å². The summed E-state index contributed by atoms with van der Waals surface area (Å²) in [5.74, 6) is -0.197. The van der Waals surface area contributed by atoms with Crippen molar-refractivity contribution < 1.29 is 23.2 Å². The molecule has 0 spiro atoms. The van der Waals surface area contributed by atoms with Crippen molar-refractivity contribution in [1.82, 2.24) is 9.55 Å². The number of halogens is 1. The molecule has 0 aliphatic rings. The molecule has 0 aliphatic heterocycles. The molecule has 0 amide bonds. The van der Waals surface area contributed by atoms with Gasteiger partial charge in [0.1, 0.15) is 17.2 Å². The number of nitrogens with zero attached hydrogens (tertiary/aromatic N) is 2.